The van der Waals surface area contributed by atoms with Crippen LogP contribution in [0.2, 0.25) is 0 Å². The second-order valence-electron chi connectivity index (χ2n) is 7.59. The Hall–Kier alpha value is -2.02. The molecule has 0 bridgehead atoms. The lowest BCUT2D eigenvalue weighted by Crippen LogP contribution is -1.84. The third kappa shape index (κ3) is 7.30. The molecule has 0 spiro atoms. The van der Waals surface area contributed by atoms with E-state index in [9.17, 15) is 5.26 Å². The predicted molar refractivity (Wildman–Crippen MR) is 174 cm³/mol. The molecule has 0 unspecified atom stereocenters. The number of thiophene rings is 3. The summed E-state index contributed by atoms with van der Waals surface area (Å²) >= 11 is 5.11. The van der Waals surface area contributed by atoms with E-state index >= 15 is 0 Å². The molecule has 0 amide bonds. The summed E-state index contributed by atoms with van der Waals surface area (Å²) in [5.74, 6) is 0. The molecule has 0 radical (unpaired) electrons. The molecule has 1 N–H and O–H groups in total. The van der Waals surface area contributed by atoms with Crippen molar-refractivity contribution in [3.63, 3.8) is 0 Å². The van der Waals surface area contributed by atoms with Gasteiger partial charge in [-0.3, -0.25) is 0 Å². The number of allylic oxidation sites excluding steroid dienone is 6. The average molecular weight is 618 g/mol. The maximum absolute atomic E-state index is 9.62. The van der Waals surface area contributed by atoms with Gasteiger partial charge < -0.3 is 5.41 Å². The zero-order valence-corrected chi connectivity index (χ0v) is 25.6. The Morgan fingerprint density at radius 1 is 0.892 bits per heavy atom. The number of nitrogens with zero attached hydrogens (tertiary/aromatic N) is 1. The molecule has 3 aromatic rings. The van der Waals surface area contributed by atoms with Crippen molar-refractivity contribution < 1.29 is 0 Å². The van der Waals surface area contributed by atoms with Gasteiger partial charge in [-0.15, -0.1) is 34.0 Å². The van der Waals surface area contributed by atoms with Crippen molar-refractivity contribution in [2.75, 3.05) is 0 Å². The maximum Gasteiger partial charge on any atom is 0.100 e. The van der Waals surface area contributed by atoms with E-state index < -0.39 is 0 Å². The first-order chi connectivity index (χ1) is 17.9. The largest absolute Gasteiger partial charge is 0.308 e. The van der Waals surface area contributed by atoms with Crippen LogP contribution in [-0.2, 0) is 0 Å². The summed E-state index contributed by atoms with van der Waals surface area (Å²) in [7, 11) is 14.0. The SMILES string of the molecule is C=C/C=C(SCl)/C(C#N)=C/c1cc(C)c(-c2ccc(-c3sc(/C=C(C=N)/C(=C/C=C)SCl)cc3C)s2)s1. The number of rotatable bonds is 11. The molecule has 188 valence electrons. The molecular formula is C28H22Cl2N2S5. The molecule has 0 aliphatic carbocycles. The predicted octanol–water partition coefficient (Wildman–Crippen LogP) is 11.7. The fraction of sp³-hybridized carbons (Fsp3) is 0.0714. The van der Waals surface area contributed by atoms with Crippen LogP contribution in [0, 0.1) is 30.6 Å². The maximum atomic E-state index is 9.62. The molecule has 0 aromatic carbocycles. The van der Waals surface area contributed by atoms with E-state index in [-0.39, 0.29) is 0 Å². The van der Waals surface area contributed by atoms with E-state index in [0.29, 0.717) is 10.5 Å². The molecule has 0 fully saturated rings. The van der Waals surface area contributed by atoms with Crippen LogP contribution in [0.5, 0.6) is 0 Å². The standard InChI is InChI=1S/C28H22Cl2N2S5/c1-5-7-23(36-29)19(15-31)13-21-11-17(3)27(33-21)25-9-10-26(35-25)28-18(4)12-22(34-28)14-20(16-32)24(37-30)8-6-2/h5-15,31H,1-2H2,3-4H3/b19-13+,20-14+,23-7-,24-8-,31-15?. The molecule has 3 aromatic heterocycles. The van der Waals surface area contributed by atoms with E-state index in [1.165, 1.54) is 31.3 Å². The van der Waals surface area contributed by atoms with Crippen LogP contribution in [0.1, 0.15) is 20.9 Å². The van der Waals surface area contributed by atoms with Crippen LogP contribution < -0.4 is 0 Å². The van der Waals surface area contributed by atoms with E-state index in [4.69, 9.17) is 26.8 Å². The molecule has 0 aliphatic heterocycles. The Morgan fingerprint density at radius 3 is 1.86 bits per heavy atom. The van der Waals surface area contributed by atoms with Crippen molar-refractivity contribution in [2.24, 2.45) is 0 Å². The molecule has 0 aliphatic rings. The highest BCUT2D eigenvalue weighted by Gasteiger charge is 2.15. The number of nitriles is 1. The van der Waals surface area contributed by atoms with Gasteiger partial charge in [0.25, 0.3) is 0 Å². The van der Waals surface area contributed by atoms with E-state index in [1.807, 2.05) is 12.2 Å². The lowest BCUT2D eigenvalue weighted by Gasteiger charge is -2.01. The molecule has 3 rings (SSSR count). The van der Waals surface area contributed by atoms with Crippen LogP contribution in [-0.4, -0.2) is 6.21 Å². The van der Waals surface area contributed by atoms with E-state index in [0.717, 1.165) is 47.7 Å². The molecule has 0 saturated heterocycles. The first kappa shape index (κ1) is 29.5. The fourth-order valence-electron chi connectivity index (χ4n) is 3.40. The minimum absolute atomic E-state index is 0.511. The van der Waals surface area contributed by atoms with Gasteiger partial charge in [-0.05, 0) is 117 Å². The lowest BCUT2D eigenvalue weighted by atomic mass is 10.2. The van der Waals surface area contributed by atoms with Crippen molar-refractivity contribution in [3.8, 4) is 25.6 Å². The molecule has 2 nitrogen and oxygen atoms in total. The van der Waals surface area contributed by atoms with Crippen molar-refractivity contribution in [2.45, 2.75) is 13.8 Å². The zero-order chi connectivity index (χ0) is 26.9. The Balaban J connectivity index is 1.94. The molecule has 9 heteroatoms. The van der Waals surface area contributed by atoms with Crippen LogP contribution in [0.4, 0.5) is 0 Å². The second-order valence-corrected chi connectivity index (χ2v) is 13.0. The summed E-state index contributed by atoms with van der Waals surface area (Å²) in [4.78, 5) is 8.29. The molecule has 0 atom stereocenters. The summed E-state index contributed by atoms with van der Waals surface area (Å²) < 4.78 is 0. The Labute approximate surface area is 247 Å². The topological polar surface area (TPSA) is 47.6 Å². The van der Waals surface area contributed by atoms with Gasteiger partial charge in [0.15, 0.2) is 0 Å². The van der Waals surface area contributed by atoms with Crippen molar-refractivity contribution in [3.05, 3.63) is 104 Å². The summed E-state index contributed by atoms with van der Waals surface area (Å²) in [6, 6.07) is 10.8. The number of aryl methyl sites for hydroxylation is 2. The Bertz CT molecular complexity index is 1490. The third-order valence-corrected chi connectivity index (χ3v) is 10.9. The number of halogens is 2. The Morgan fingerprint density at radius 2 is 1.41 bits per heavy atom. The summed E-state index contributed by atoms with van der Waals surface area (Å²) in [5.41, 5.74) is 3.60. The second kappa shape index (κ2) is 14.2. The average Bonchev–Trinajstić information content (AvgIpc) is 3.61. The minimum atomic E-state index is 0.511. The van der Waals surface area contributed by atoms with E-state index in [1.54, 1.807) is 58.3 Å². The highest BCUT2D eigenvalue weighted by Crippen LogP contribution is 2.44. The van der Waals surface area contributed by atoms with Gasteiger partial charge in [-0.1, -0.05) is 25.3 Å². The summed E-state index contributed by atoms with van der Waals surface area (Å²) in [6.07, 6.45) is 12.0. The van der Waals surface area contributed by atoms with Gasteiger partial charge >= 0.3 is 0 Å². The van der Waals surface area contributed by atoms with Crippen molar-refractivity contribution in [1.29, 1.82) is 10.7 Å². The smallest absolute Gasteiger partial charge is 0.100 e. The first-order valence-electron chi connectivity index (χ1n) is 10.8. The highest BCUT2D eigenvalue weighted by atomic mass is 35.7. The minimum Gasteiger partial charge on any atom is -0.308 e. The molecule has 37 heavy (non-hydrogen) atoms. The number of nitrogens with one attached hydrogen (secondary N) is 1. The van der Waals surface area contributed by atoms with Gasteiger partial charge in [0.1, 0.15) is 6.07 Å². The van der Waals surface area contributed by atoms with Crippen LogP contribution >= 0.6 is 77.3 Å². The Kier molecular flexibility index (Phi) is 11.4. The van der Waals surface area contributed by atoms with Crippen molar-refractivity contribution in [1.82, 2.24) is 0 Å². The quantitative estimate of drug-likeness (QED) is 0.132. The third-order valence-electron chi connectivity index (χ3n) is 5.04. The van der Waals surface area contributed by atoms with Gasteiger partial charge in [0.05, 0.1) is 5.57 Å². The first-order valence-corrected chi connectivity index (χ1v) is 16.5. The van der Waals surface area contributed by atoms with Gasteiger partial charge in [-0.25, -0.2) is 0 Å². The number of hydrogen-bond acceptors (Lipinski definition) is 7. The van der Waals surface area contributed by atoms with Crippen LogP contribution in [0.25, 0.3) is 31.7 Å². The molecular weight excluding hydrogens is 596 g/mol. The summed E-state index contributed by atoms with van der Waals surface area (Å²) in [6.45, 7) is 11.6. The van der Waals surface area contributed by atoms with Crippen molar-refractivity contribution >= 4 is 95.7 Å². The van der Waals surface area contributed by atoms with E-state index in [2.05, 4.69) is 57.3 Å². The van der Waals surface area contributed by atoms with Gasteiger partial charge in [-0.2, -0.15) is 5.26 Å². The number of hydrogen-bond donors (Lipinski definition) is 1. The van der Waals surface area contributed by atoms with Gasteiger partial charge in [0.2, 0.25) is 0 Å². The van der Waals surface area contributed by atoms with Crippen LogP contribution in [0.3, 0.4) is 0 Å². The van der Waals surface area contributed by atoms with Gasteiger partial charge in [0, 0.05) is 50.9 Å². The highest BCUT2D eigenvalue weighted by molar-refractivity contribution is 8.24. The fourth-order valence-corrected chi connectivity index (χ4v) is 8.52. The molecule has 3 heterocycles. The monoisotopic (exact) mass is 616 g/mol. The molecule has 0 saturated carbocycles. The normalized spacial score (nSPS) is 12.9. The summed E-state index contributed by atoms with van der Waals surface area (Å²) in [5, 5.41) is 17.4. The van der Waals surface area contributed by atoms with Crippen LogP contribution in [0.15, 0.2) is 82.7 Å². The zero-order valence-electron chi connectivity index (χ0n) is 20.0. The lowest BCUT2D eigenvalue weighted by molar-refractivity contribution is 1.50.